The number of piperidine rings is 1. The number of aromatic nitrogens is 3. The van der Waals surface area contributed by atoms with Crippen molar-refractivity contribution in [2.75, 3.05) is 35.8 Å². The zero-order chi connectivity index (χ0) is 27.7. The molecular weight excluding hydrogens is 617 g/mol. The topological polar surface area (TPSA) is 96.8 Å². The number of ether oxygens (including phenoxy) is 2. The van der Waals surface area contributed by atoms with E-state index in [9.17, 15) is 0 Å². The SMILES string of the molecule is COc1cc(/C=N/Nc2nc(Nc3ccccc3)nc(N3CCCCC3)n2)cc(I)c1OCc1ccc(C)cc1. The minimum absolute atomic E-state index is 0.366. The third-order valence-corrected chi connectivity index (χ3v) is 7.23. The van der Waals surface area contributed by atoms with E-state index in [0.29, 0.717) is 36.0 Å². The molecule has 0 atom stereocenters. The summed E-state index contributed by atoms with van der Waals surface area (Å²) in [6.45, 7) is 4.38. The predicted octanol–water partition coefficient (Wildman–Crippen LogP) is 6.55. The maximum atomic E-state index is 6.12. The highest BCUT2D eigenvalue weighted by atomic mass is 127. The van der Waals surface area contributed by atoms with E-state index in [1.807, 2.05) is 42.5 Å². The first-order chi connectivity index (χ1) is 19.6. The highest BCUT2D eigenvalue weighted by Crippen LogP contribution is 2.34. The summed E-state index contributed by atoms with van der Waals surface area (Å²) in [6.07, 6.45) is 5.19. The predicted molar refractivity (Wildman–Crippen MR) is 168 cm³/mol. The van der Waals surface area contributed by atoms with Gasteiger partial charge in [0.15, 0.2) is 11.5 Å². The number of hydrogen-bond donors (Lipinski definition) is 2. The van der Waals surface area contributed by atoms with Crippen LogP contribution in [-0.4, -0.2) is 41.4 Å². The number of nitrogens with zero attached hydrogens (tertiary/aromatic N) is 5. The molecular formula is C30H32IN7O2. The quantitative estimate of drug-likeness (QED) is 0.114. The lowest BCUT2D eigenvalue weighted by molar-refractivity contribution is 0.282. The van der Waals surface area contributed by atoms with Crippen LogP contribution in [0, 0.1) is 10.5 Å². The first kappa shape index (κ1) is 27.6. The van der Waals surface area contributed by atoms with E-state index in [0.717, 1.165) is 46.3 Å². The van der Waals surface area contributed by atoms with Crippen molar-refractivity contribution in [1.29, 1.82) is 0 Å². The smallest absolute Gasteiger partial charge is 0.250 e. The summed E-state index contributed by atoms with van der Waals surface area (Å²) in [5, 5.41) is 7.70. The van der Waals surface area contributed by atoms with Gasteiger partial charge in [0, 0.05) is 18.8 Å². The fraction of sp³-hybridized carbons (Fsp3) is 0.267. The van der Waals surface area contributed by atoms with Gasteiger partial charge in [-0.15, -0.1) is 0 Å². The average molecular weight is 650 g/mol. The maximum absolute atomic E-state index is 6.12. The molecule has 0 amide bonds. The van der Waals surface area contributed by atoms with E-state index in [1.165, 1.54) is 12.0 Å². The third-order valence-electron chi connectivity index (χ3n) is 6.43. The van der Waals surface area contributed by atoms with Gasteiger partial charge in [0.1, 0.15) is 6.61 Å². The molecule has 0 radical (unpaired) electrons. The molecule has 40 heavy (non-hydrogen) atoms. The molecule has 1 fully saturated rings. The van der Waals surface area contributed by atoms with Crippen LogP contribution < -0.4 is 25.1 Å². The van der Waals surface area contributed by atoms with Crippen LogP contribution in [0.3, 0.4) is 0 Å². The van der Waals surface area contributed by atoms with Gasteiger partial charge in [-0.25, -0.2) is 5.43 Å². The van der Waals surface area contributed by atoms with E-state index < -0.39 is 0 Å². The van der Waals surface area contributed by atoms with Crippen molar-refractivity contribution in [3.63, 3.8) is 0 Å². The van der Waals surface area contributed by atoms with Crippen LogP contribution in [0.15, 0.2) is 71.8 Å². The molecule has 1 aliphatic rings. The molecule has 2 N–H and O–H groups in total. The second-order valence-corrected chi connectivity index (χ2v) is 10.7. The number of halogens is 1. The molecule has 1 aromatic heterocycles. The molecule has 206 valence electrons. The largest absolute Gasteiger partial charge is 0.493 e. The van der Waals surface area contributed by atoms with Gasteiger partial charge in [-0.1, -0.05) is 48.0 Å². The Bertz CT molecular complexity index is 1440. The number of nitrogens with one attached hydrogen (secondary N) is 2. The number of rotatable bonds is 10. The van der Waals surface area contributed by atoms with Gasteiger partial charge >= 0.3 is 0 Å². The van der Waals surface area contributed by atoms with Gasteiger partial charge in [-0.3, -0.25) is 0 Å². The monoisotopic (exact) mass is 649 g/mol. The molecule has 1 aliphatic heterocycles. The molecule has 1 saturated heterocycles. The minimum atomic E-state index is 0.366. The summed E-state index contributed by atoms with van der Waals surface area (Å²) in [5.74, 6) is 2.81. The average Bonchev–Trinajstić information content (AvgIpc) is 2.98. The van der Waals surface area contributed by atoms with Gasteiger partial charge in [0.2, 0.25) is 17.8 Å². The van der Waals surface area contributed by atoms with Crippen molar-refractivity contribution >= 4 is 52.3 Å². The summed E-state index contributed by atoms with van der Waals surface area (Å²) in [5.41, 5.74) is 7.06. The summed E-state index contributed by atoms with van der Waals surface area (Å²) >= 11 is 2.26. The molecule has 10 heteroatoms. The van der Waals surface area contributed by atoms with Gasteiger partial charge in [0.05, 0.1) is 16.9 Å². The highest BCUT2D eigenvalue weighted by Gasteiger charge is 2.17. The molecule has 0 spiro atoms. The second kappa shape index (κ2) is 13.4. The summed E-state index contributed by atoms with van der Waals surface area (Å²) in [7, 11) is 1.64. The molecule has 4 aromatic rings. The standard InChI is InChI=1S/C30H32IN7O2/c1-21-11-13-22(14-12-21)20-40-27-25(31)17-23(18-26(27)39-2)19-32-37-29-34-28(33-24-9-5-3-6-10-24)35-30(36-29)38-15-7-4-8-16-38/h3,5-6,9-14,17-19H,4,7-8,15-16,20H2,1-2H3,(H2,33,34,35,36,37)/b32-19+. The summed E-state index contributed by atoms with van der Waals surface area (Å²) in [4.78, 5) is 16.1. The first-order valence-corrected chi connectivity index (χ1v) is 14.3. The Kier molecular flexibility index (Phi) is 9.27. The Labute approximate surface area is 248 Å². The fourth-order valence-electron chi connectivity index (χ4n) is 4.32. The van der Waals surface area contributed by atoms with Crippen LogP contribution in [-0.2, 0) is 6.61 Å². The van der Waals surface area contributed by atoms with Crippen molar-refractivity contribution < 1.29 is 9.47 Å². The first-order valence-electron chi connectivity index (χ1n) is 13.3. The molecule has 9 nitrogen and oxygen atoms in total. The Hall–Kier alpha value is -3.93. The van der Waals surface area contributed by atoms with Crippen LogP contribution in [0.1, 0.15) is 36.0 Å². The molecule has 3 aromatic carbocycles. The Morgan fingerprint density at radius 2 is 1.70 bits per heavy atom. The minimum Gasteiger partial charge on any atom is -0.493 e. The lowest BCUT2D eigenvalue weighted by atomic mass is 10.1. The summed E-state index contributed by atoms with van der Waals surface area (Å²) in [6, 6.07) is 22.0. The Morgan fingerprint density at radius 3 is 2.45 bits per heavy atom. The molecule has 0 saturated carbocycles. The number of benzene rings is 3. The molecule has 0 aliphatic carbocycles. The number of para-hydroxylation sites is 1. The Balaban J connectivity index is 1.32. The number of hydrazone groups is 1. The van der Waals surface area contributed by atoms with Crippen molar-refractivity contribution in [2.24, 2.45) is 5.10 Å². The van der Waals surface area contributed by atoms with E-state index in [4.69, 9.17) is 9.47 Å². The zero-order valence-electron chi connectivity index (χ0n) is 22.6. The van der Waals surface area contributed by atoms with E-state index in [-0.39, 0.29) is 0 Å². The van der Waals surface area contributed by atoms with E-state index >= 15 is 0 Å². The molecule has 0 bridgehead atoms. The summed E-state index contributed by atoms with van der Waals surface area (Å²) < 4.78 is 12.7. The molecule has 2 heterocycles. The fourth-order valence-corrected chi connectivity index (χ4v) is 5.10. The van der Waals surface area contributed by atoms with Crippen LogP contribution in [0.25, 0.3) is 0 Å². The van der Waals surface area contributed by atoms with Crippen LogP contribution in [0.5, 0.6) is 11.5 Å². The van der Waals surface area contributed by atoms with Gasteiger partial charge in [-0.2, -0.15) is 20.1 Å². The van der Waals surface area contributed by atoms with Crippen LogP contribution in [0.2, 0.25) is 0 Å². The third kappa shape index (κ3) is 7.38. The number of aryl methyl sites for hydroxylation is 1. The highest BCUT2D eigenvalue weighted by molar-refractivity contribution is 14.1. The van der Waals surface area contributed by atoms with Gasteiger partial charge in [-0.05, 0) is 84.2 Å². The van der Waals surface area contributed by atoms with Gasteiger partial charge < -0.3 is 19.7 Å². The lowest BCUT2D eigenvalue weighted by Gasteiger charge is -2.26. The Morgan fingerprint density at radius 1 is 0.950 bits per heavy atom. The molecule has 0 unspecified atom stereocenters. The van der Waals surface area contributed by atoms with Crippen LogP contribution >= 0.6 is 22.6 Å². The van der Waals surface area contributed by atoms with Crippen molar-refractivity contribution in [3.8, 4) is 11.5 Å². The number of methoxy groups -OCH3 is 1. The van der Waals surface area contributed by atoms with E-state index in [2.05, 4.69) is 89.5 Å². The van der Waals surface area contributed by atoms with Crippen molar-refractivity contribution in [3.05, 3.63) is 87.0 Å². The zero-order valence-corrected chi connectivity index (χ0v) is 24.8. The van der Waals surface area contributed by atoms with Crippen LogP contribution in [0.4, 0.5) is 23.5 Å². The maximum Gasteiger partial charge on any atom is 0.250 e. The number of hydrogen-bond acceptors (Lipinski definition) is 9. The lowest BCUT2D eigenvalue weighted by Crippen LogP contribution is -2.31. The van der Waals surface area contributed by atoms with E-state index in [1.54, 1.807) is 13.3 Å². The molecule has 5 rings (SSSR count). The van der Waals surface area contributed by atoms with Crippen molar-refractivity contribution in [1.82, 2.24) is 15.0 Å². The van der Waals surface area contributed by atoms with Gasteiger partial charge in [0.25, 0.3) is 0 Å². The number of anilines is 4. The second-order valence-electron chi connectivity index (χ2n) is 9.50. The normalized spacial score (nSPS) is 13.3. The van der Waals surface area contributed by atoms with Crippen molar-refractivity contribution in [2.45, 2.75) is 32.8 Å².